The normalized spacial score (nSPS) is 26.5. The molecule has 3 nitrogen and oxygen atoms in total. The molecule has 0 bridgehead atoms. The number of thioether (sulfide) groups is 1. The number of rotatable bonds is 2. The molecule has 1 amide bonds. The zero-order chi connectivity index (χ0) is 13.1. The first kappa shape index (κ1) is 13.0. The minimum Gasteiger partial charge on any atom is -0.352 e. The molecule has 1 saturated heterocycles. The first-order chi connectivity index (χ1) is 9.34. The first-order valence-electron chi connectivity index (χ1n) is 7.07. The standard InChI is InChI=1S/C15H20N2OS/c18-15(17-11-4-3-8-16-10-11)13-7-9-19-14-6-2-1-5-12(13)14/h1-2,5-6,11,13,16H,3-4,7-10H2,(H,17,18)/t11-,13?/m0/s1. The zero-order valence-corrected chi connectivity index (χ0v) is 11.8. The Morgan fingerprint density at radius 3 is 3.05 bits per heavy atom. The fourth-order valence-corrected chi connectivity index (χ4v) is 4.02. The van der Waals surface area contributed by atoms with Crippen LogP contribution in [0.3, 0.4) is 0 Å². The van der Waals surface area contributed by atoms with Gasteiger partial charge in [-0.25, -0.2) is 0 Å². The van der Waals surface area contributed by atoms with Crippen molar-refractivity contribution in [2.75, 3.05) is 18.8 Å². The lowest BCUT2D eigenvalue weighted by molar-refractivity contribution is -0.123. The van der Waals surface area contributed by atoms with E-state index in [0.29, 0.717) is 6.04 Å². The van der Waals surface area contributed by atoms with Crippen molar-refractivity contribution in [3.8, 4) is 0 Å². The van der Waals surface area contributed by atoms with Gasteiger partial charge in [-0.05, 0) is 43.2 Å². The number of hydrogen-bond donors (Lipinski definition) is 2. The van der Waals surface area contributed by atoms with Gasteiger partial charge >= 0.3 is 0 Å². The fraction of sp³-hybridized carbons (Fsp3) is 0.533. The van der Waals surface area contributed by atoms with Crippen molar-refractivity contribution >= 4 is 17.7 Å². The molecular weight excluding hydrogens is 256 g/mol. The number of hydrogen-bond acceptors (Lipinski definition) is 3. The number of nitrogens with one attached hydrogen (secondary N) is 2. The second-order valence-electron chi connectivity index (χ2n) is 5.28. The summed E-state index contributed by atoms with van der Waals surface area (Å²) in [7, 11) is 0. The van der Waals surface area contributed by atoms with Gasteiger partial charge in [0.05, 0.1) is 5.92 Å². The Hall–Kier alpha value is -1.00. The summed E-state index contributed by atoms with van der Waals surface area (Å²) in [5, 5.41) is 6.56. The van der Waals surface area contributed by atoms with E-state index >= 15 is 0 Å². The number of carbonyl (C=O) groups excluding carboxylic acids is 1. The van der Waals surface area contributed by atoms with Gasteiger partial charge in [0.25, 0.3) is 0 Å². The number of amides is 1. The summed E-state index contributed by atoms with van der Waals surface area (Å²) in [4.78, 5) is 13.8. The van der Waals surface area contributed by atoms with Crippen LogP contribution in [-0.4, -0.2) is 30.8 Å². The highest BCUT2D eigenvalue weighted by atomic mass is 32.2. The van der Waals surface area contributed by atoms with Gasteiger partial charge in [0.2, 0.25) is 5.91 Å². The largest absolute Gasteiger partial charge is 0.352 e. The fourth-order valence-electron chi connectivity index (χ4n) is 2.89. The van der Waals surface area contributed by atoms with E-state index < -0.39 is 0 Å². The molecule has 0 spiro atoms. The van der Waals surface area contributed by atoms with Crippen LogP contribution in [0, 0.1) is 0 Å². The van der Waals surface area contributed by atoms with Crippen LogP contribution < -0.4 is 10.6 Å². The van der Waals surface area contributed by atoms with E-state index in [0.717, 1.165) is 38.1 Å². The summed E-state index contributed by atoms with van der Waals surface area (Å²) >= 11 is 1.86. The Kier molecular flexibility index (Phi) is 4.09. The van der Waals surface area contributed by atoms with E-state index in [2.05, 4.69) is 28.8 Å². The molecule has 19 heavy (non-hydrogen) atoms. The maximum Gasteiger partial charge on any atom is 0.227 e. The van der Waals surface area contributed by atoms with Crippen molar-refractivity contribution in [2.45, 2.75) is 36.1 Å². The molecule has 4 heteroatoms. The van der Waals surface area contributed by atoms with E-state index in [9.17, 15) is 4.79 Å². The van der Waals surface area contributed by atoms with Gasteiger partial charge in [0.15, 0.2) is 0 Å². The third-order valence-corrected chi connectivity index (χ3v) is 5.04. The predicted molar refractivity (Wildman–Crippen MR) is 78.6 cm³/mol. The molecule has 2 atom stereocenters. The summed E-state index contributed by atoms with van der Waals surface area (Å²) in [5.74, 6) is 1.29. The summed E-state index contributed by atoms with van der Waals surface area (Å²) < 4.78 is 0. The maximum atomic E-state index is 12.5. The molecular formula is C15H20N2OS. The van der Waals surface area contributed by atoms with Crippen LogP contribution in [0.25, 0.3) is 0 Å². The summed E-state index contributed by atoms with van der Waals surface area (Å²) in [6.45, 7) is 1.99. The molecule has 102 valence electrons. The number of fused-ring (bicyclic) bond motifs is 1. The molecule has 0 radical (unpaired) electrons. The number of piperidine rings is 1. The van der Waals surface area contributed by atoms with Gasteiger partial charge in [-0.1, -0.05) is 18.2 Å². The number of carbonyl (C=O) groups is 1. The van der Waals surface area contributed by atoms with Crippen molar-refractivity contribution < 1.29 is 4.79 Å². The second kappa shape index (κ2) is 5.97. The van der Waals surface area contributed by atoms with Crippen molar-refractivity contribution in [3.05, 3.63) is 29.8 Å². The molecule has 1 aromatic carbocycles. The highest BCUT2D eigenvalue weighted by molar-refractivity contribution is 7.99. The molecule has 1 aromatic rings. The molecule has 2 heterocycles. The minimum atomic E-state index is 0.0411. The van der Waals surface area contributed by atoms with Gasteiger partial charge in [0.1, 0.15) is 0 Å². The summed E-state index contributed by atoms with van der Waals surface area (Å²) in [6.07, 6.45) is 3.21. The lowest BCUT2D eigenvalue weighted by atomic mass is 9.94. The van der Waals surface area contributed by atoms with Crippen LogP contribution in [0.15, 0.2) is 29.2 Å². The van der Waals surface area contributed by atoms with Gasteiger partial charge < -0.3 is 10.6 Å². The van der Waals surface area contributed by atoms with Gasteiger partial charge in [0, 0.05) is 17.5 Å². The molecule has 0 aromatic heterocycles. The SMILES string of the molecule is O=C(N[C@H]1CCCNC1)C1CCSc2ccccc21. The molecule has 0 saturated carbocycles. The highest BCUT2D eigenvalue weighted by Crippen LogP contribution is 2.37. The topological polar surface area (TPSA) is 41.1 Å². The average Bonchev–Trinajstić information content (AvgIpc) is 2.47. The van der Waals surface area contributed by atoms with Crippen LogP contribution in [0.2, 0.25) is 0 Å². The molecule has 2 N–H and O–H groups in total. The molecule has 2 aliphatic heterocycles. The molecule has 3 rings (SSSR count). The predicted octanol–water partition coefficient (Wildman–Crippen LogP) is 2.13. The summed E-state index contributed by atoms with van der Waals surface area (Å²) in [5.41, 5.74) is 1.21. The lowest BCUT2D eigenvalue weighted by Gasteiger charge is -2.28. The second-order valence-corrected chi connectivity index (χ2v) is 6.42. The van der Waals surface area contributed by atoms with Crippen LogP contribution in [-0.2, 0) is 4.79 Å². The van der Waals surface area contributed by atoms with Crippen molar-refractivity contribution in [1.29, 1.82) is 0 Å². The third kappa shape index (κ3) is 2.95. The Morgan fingerprint density at radius 2 is 2.21 bits per heavy atom. The minimum absolute atomic E-state index is 0.0411. The molecule has 1 unspecified atom stereocenters. The smallest absolute Gasteiger partial charge is 0.227 e. The first-order valence-corrected chi connectivity index (χ1v) is 8.06. The Labute approximate surface area is 118 Å². The Bertz CT molecular complexity index is 457. The van der Waals surface area contributed by atoms with Crippen LogP contribution in [0.4, 0.5) is 0 Å². The van der Waals surface area contributed by atoms with Crippen LogP contribution >= 0.6 is 11.8 Å². The van der Waals surface area contributed by atoms with E-state index in [1.54, 1.807) is 0 Å². The third-order valence-electron chi connectivity index (χ3n) is 3.92. The van der Waals surface area contributed by atoms with Crippen molar-refractivity contribution in [1.82, 2.24) is 10.6 Å². The molecule has 0 aliphatic carbocycles. The Morgan fingerprint density at radius 1 is 1.32 bits per heavy atom. The van der Waals surface area contributed by atoms with Gasteiger partial charge in [-0.3, -0.25) is 4.79 Å². The quantitative estimate of drug-likeness (QED) is 0.869. The van der Waals surface area contributed by atoms with Crippen LogP contribution in [0.5, 0.6) is 0 Å². The molecule has 2 aliphatic rings. The van der Waals surface area contributed by atoms with E-state index in [4.69, 9.17) is 0 Å². The molecule has 1 fully saturated rings. The summed E-state index contributed by atoms with van der Waals surface area (Å²) in [6, 6.07) is 8.62. The van der Waals surface area contributed by atoms with Gasteiger partial charge in [-0.15, -0.1) is 11.8 Å². The Balaban J connectivity index is 1.70. The highest BCUT2D eigenvalue weighted by Gasteiger charge is 2.28. The zero-order valence-electron chi connectivity index (χ0n) is 11.0. The van der Waals surface area contributed by atoms with Crippen molar-refractivity contribution in [2.24, 2.45) is 0 Å². The van der Waals surface area contributed by atoms with E-state index in [1.165, 1.54) is 10.5 Å². The van der Waals surface area contributed by atoms with Gasteiger partial charge in [-0.2, -0.15) is 0 Å². The lowest BCUT2D eigenvalue weighted by Crippen LogP contribution is -2.47. The monoisotopic (exact) mass is 276 g/mol. The van der Waals surface area contributed by atoms with Crippen LogP contribution in [0.1, 0.15) is 30.7 Å². The number of benzene rings is 1. The average molecular weight is 276 g/mol. The maximum absolute atomic E-state index is 12.5. The van der Waals surface area contributed by atoms with Crippen molar-refractivity contribution in [3.63, 3.8) is 0 Å². The van der Waals surface area contributed by atoms with E-state index in [-0.39, 0.29) is 11.8 Å². The van der Waals surface area contributed by atoms with E-state index in [1.807, 2.05) is 17.8 Å².